The van der Waals surface area contributed by atoms with Crippen LogP contribution < -0.4 is 19.6 Å². The Balaban J connectivity index is 0.00000280. The van der Waals surface area contributed by atoms with Gasteiger partial charge < -0.3 is 9.80 Å². The Kier molecular flexibility index (Phi) is 11.5. The van der Waals surface area contributed by atoms with Crippen LogP contribution in [0, 0.1) is 17.8 Å². The van der Waals surface area contributed by atoms with Gasteiger partial charge in [0.25, 0.3) is 23.6 Å². The molecule has 0 aliphatic carbocycles. The molecule has 7 aromatic rings. The molecular weight excluding hydrogens is 865 g/mol. The summed E-state index contributed by atoms with van der Waals surface area (Å²) in [5.41, 5.74) is 9.12. The minimum Gasteiger partial charge on any atom is -0.370 e. The van der Waals surface area contributed by atoms with Gasteiger partial charge in [0.15, 0.2) is 0 Å². The molecule has 0 saturated carbocycles. The molecule has 0 N–H and O–H groups in total. The number of rotatable bonds is 7. The first-order valence-corrected chi connectivity index (χ1v) is 26.1. The highest BCUT2D eigenvalue weighted by molar-refractivity contribution is 6.48. The van der Waals surface area contributed by atoms with Gasteiger partial charge in [-0.05, 0) is 118 Å². The topological polar surface area (TPSA) is 81.2 Å². The van der Waals surface area contributed by atoms with Crippen LogP contribution in [0.5, 0.6) is 0 Å². The number of amides is 4. The van der Waals surface area contributed by atoms with Gasteiger partial charge in [-0.3, -0.25) is 19.2 Å². The molecule has 4 heterocycles. The highest BCUT2D eigenvalue weighted by Crippen LogP contribution is 2.54. The molecule has 4 amide bonds. The number of nitrogens with zero attached hydrogens (tertiary/aromatic N) is 4. The van der Waals surface area contributed by atoms with Crippen molar-refractivity contribution in [2.45, 2.75) is 133 Å². The van der Waals surface area contributed by atoms with E-state index in [1.165, 1.54) is 9.80 Å². The Hall–Kier alpha value is -6.28. The first-order chi connectivity index (χ1) is 33.3. The number of imide groups is 2. The molecule has 70 heavy (non-hydrogen) atoms. The van der Waals surface area contributed by atoms with Crippen LogP contribution in [0.15, 0.2) is 72.8 Å². The van der Waals surface area contributed by atoms with Crippen LogP contribution in [-0.2, 0) is 0 Å². The Morgan fingerprint density at radius 1 is 0.457 bits per heavy atom. The third-order valence-corrected chi connectivity index (χ3v) is 16.0. The maximum absolute atomic E-state index is 15.7. The van der Waals surface area contributed by atoms with Crippen LogP contribution in [0.1, 0.15) is 190 Å². The van der Waals surface area contributed by atoms with E-state index in [-0.39, 0.29) is 52.2 Å². The lowest BCUT2D eigenvalue weighted by molar-refractivity contribution is 0.0877. The van der Waals surface area contributed by atoms with E-state index >= 15 is 19.2 Å². The molecule has 4 aliphatic rings. The van der Waals surface area contributed by atoms with Crippen molar-refractivity contribution < 1.29 is 19.2 Å². The predicted octanol–water partition coefficient (Wildman–Crippen LogP) is 15.3. The molecule has 0 aromatic heterocycles. The molecule has 0 atom stereocenters. The van der Waals surface area contributed by atoms with E-state index < -0.39 is 0 Å². The molecule has 362 valence electrons. The fourth-order valence-corrected chi connectivity index (χ4v) is 12.8. The fraction of sp³-hybridized carbons (Fsp3) is 0.419. The summed E-state index contributed by atoms with van der Waals surface area (Å²) in [4.78, 5) is 69.8. The van der Waals surface area contributed by atoms with Gasteiger partial charge in [0.05, 0.1) is 22.5 Å². The van der Waals surface area contributed by atoms with Gasteiger partial charge in [-0.15, -0.1) is 0 Å². The molecule has 4 aliphatic heterocycles. The normalized spacial score (nSPS) is 17.9. The molecular formula is C62H70N4O4. The molecule has 0 unspecified atom stereocenters. The number of carbonyl (C=O) groups is 4. The standard InChI is InChI=1S/C60H64N4O4.C2H6/c1-32(2)36-17-12-16-35(7)53(36)63-55(65)41-22-20-39-50-46(62-27-15-25-60(10,11)31-62)29-44-48-42(56(66)64(58(44)68)54-37(33(3)4)18-13-19-38(54)34(5)6)23-21-40(52(48)50)49-45(61-26-14-24-59(8,9)30-61)28-43(57(63)67)47(41)51(39)49;1-2/h12-13,16-23,28-29,32-34H,14-15,24-27,30-31H2,1-11H3;1-2H3. The maximum Gasteiger partial charge on any atom is 0.266 e. The number of piperidine rings is 2. The number of hydrogen-bond donors (Lipinski definition) is 0. The first-order valence-electron chi connectivity index (χ1n) is 26.1. The lowest BCUT2D eigenvalue weighted by Crippen LogP contribution is -2.43. The average molecular weight is 935 g/mol. The van der Waals surface area contributed by atoms with Gasteiger partial charge in [-0.25, -0.2) is 9.80 Å². The van der Waals surface area contributed by atoms with Gasteiger partial charge in [0.1, 0.15) is 0 Å². The van der Waals surface area contributed by atoms with E-state index in [0.29, 0.717) is 44.4 Å². The van der Waals surface area contributed by atoms with Crippen LogP contribution in [0.3, 0.4) is 0 Å². The molecule has 2 fully saturated rings. The quantitative estimate of drug-likeness (QED) is 0.0900. The Labute approximate surface area is 414 Å². The SMILES string of the molecule is CC.Cc1cccc(C(C)C)c1N1C(=O)c2ccc3c4c(N5CCCC(C)(C)C5)cc5c6c(ccc(c7c(N8CCCC(C)(C)C8)cc(c2c37)C1=O)c64)C(=O)N(c1c(C(C)C)cccc1C(C)C)C5=O. The van der Waals surface area contributed by atoms with Crippen molar-refractivity contribution in [2.24, 2.45) is 10.8 Å². The number of anilines is 4. The predicted molar refractivity (Wildman–Crippen MR) is 292 cm³/mol. The van der Waals surface area contributed by atoms with E-state index in [2.05, 4.69) is 115 Å². The summed E-state index contributed by atoms with van der Waals surface area (Å²) in [5, 5.41) is 6.92. The van der Waals surface area contributed by atoms with Gasteiger partial charge in [0.2, 0.25) is 0 Å². The summed E-state index contributed by atoms with van der Waals surface area (Å²) in [6, 6.07) is 24.4. The maximum atomic E-state index is 15.7. The molecule has 0 spiro atoms. The summed E-state index contributed by atoms with van der Waals surface area (Å²) in [5.74, 6) is -1.03. The van der Waals surface area contributed by atoms with E-state index in [1.807, 2.05) is 57.2 Å². The van der Waals surface area contributed by atoms with E-state index in [4.69, 9.17) is 0 Å². The monoisotopic (exact) mass is 935 g/mol. The van der Waals surface area contributed by atoms with Crippen molar-refractivity contribution in [1.82, 2.24) is 0 Å². The molecule has 7 aromatic carbocycles. The Morgan fingerprint density at radius 3 is 1.23 bits per heavy atom. The summed E-state index contributed by atoms with van der Waals surface area (Å²) >= 11 is 0. The lowest BCUT2D eigenvalue weighted by Gasteiger charge is -2.42. The number of benzene rings is 7. The van der Waals surface area contributed by atoms with Crippen LogP contribution in [0.4, 0.5) is 22.7 Å². The number of fused-ring (bicyclic) bond motifs is 2. The third kappa shape index (κ3) is 7.05. The van der Waals surface area contributed by atoms with Crippen LogP contribution >= 0.6 is 0 Å². The minimum absolute atomic E-state index is 0.0108. The molecule has 0 bridgehead atoms. The number of aryl methyl sites for hydroxylation is 1. The number of para-hydroxylation sites is 2. The van der Waals surface area contributed by atoms with Crippen molar-refractivity contribution >= 4 is 89.5 Å². The minimum atomic E-state index is -0.323. The van der Waals surface area contributed by atoms with Gasteiger partial charge in [-0.1, -0.05) is 132 Å². The summed E-state index contributed by atoms with van der Waals surface area (Å²) in [6.07, 6.45) is 4.15. The van der Waals surface area contributed by atoms with Crippen molar-refractivity contribution in [3.8, 4) is 0 Å². The second-order valence-electron chi connectivity index (χ2n) is 23.0. The third-order valence-electron chi connectivity index (χ3n) is 16.0. The van der Waals surface area contributed by atoms with Crippen LogP contribution in [-0.4, -0.2) is 49.8 Å². The average Bonchev–Trinajstić information content (AvgIpc) is 3.32. The lowest BCUT2D eigenvalue weighted by atomic mass is 9.78. The number of hydrogen-bond acceptors (Lipinski definition) is 6. The largest absolute Gasteiger partial charge is 0.370 e. The fourth-order valence-electron chi connectivity index (χ4n) is 12.8. The Morgan fingerprint density at radius 2 is 0.829 bits per heavy atom. The van der Waals surface area contributed by atoms with Gasteiger partial charge >= 0.3 is 0 Å². The first kappa shape index (κ1) is 47.4. The van der Waals surface area contributed by atoms with Crippen molar-refractivity contribution in [1.29, 1.82) is 0 Å². The zero-order valence-electron chi connectivity index (χ0n) is 43.7. The smallest absolute Gasteiger partial charge is 0.266 e. The highest BCUT2D eigenvalue weighted by atomic mass is 16.2. The van der Waals surface area contributed by atoms with Crippen molar-refractivity contribution in [2.75, 3.05) is 45.8 Å². The second kappa shape index (κ2) is 17.0. The number of carbonyl (C=O) groups excluding carboxylic acids is 4. The summed E-state index contributed by atoms with van der Waals surface area (Å²) in [7, 11) is 0. The van der Waals surface area contributed by atoms with Crippen LogP contribution in [0.25, 0.3) is 43.1 Å². The molecule has 8 heteroatoms. The van der Waals surface area contributed by atoms with Gasteiger partial charge in [0, 0.05) is 81.0 Å². The zero-order valence-corrected chi connectivity index (χ0v) is 43.7. The van der Waals surface area contributed by atoms with Crippen molar-refractivity contribution in [3.63, 3.8) is 0 Å². The molecule has 11 rings (SSSR count). The van der Waals surface area contributed by atoms with E-state index in [1.54, 1.807) is 0 Å². The summed E-state index contributed by atoms with van der Waals surface area (Å²) < 4.78 is 0. The van der Waals surface area contributed by atoms with E-state index in [9.17, 15) is 0 Å². The second-order valence-corrected chi connectivity index (χ2v) is 23.0. The summed E-state index contributed by atoms with van der Waals surface area (Å²) in [6.45, 7) is 31.1. The molecule has 8 nitrogen and oxygen atoms in total. The van der Waals surface area contributed by atoms with Crippen LogP contribution in [0.2, 0.25) is 0 Å². The Bertz CT molecular complexity index is 3330. The zero-order chi connectivity index (χ0) is 50.0. The highest BCUT2D eigenvalue weighted by Gasteiger charge is 2.43. The molecule has 2 saturated heterocycles. The van der Waals surface area contributed by atoms with E-state index in [0.717, 1.165) is 118 Å². The van der Waals surface area contributed by atoms with Crippen molar-refractivity contribution in [3.05, 3.63) is 117 Å². The molecule has 0 radical (unpaired) electrons. The van der Waals surface area contributed by atoms with Gasteiger partial charge in [-0.2, -0.15) is 0 Å².